The fourth-order valence-electron chi connectivity index (χ4n) is 3.12. The first-order chi connectivity index (χ1) is 8.42. The summed E-state index contributed by atoms with van der Waals surface area (Å²) in [4.78, 5) is 0. The van der Waals surface area contributed by atoms with Crippen LogP contribution in [-0.2, 0) is 6.54 Å². The van der Waals surface area contributed by atoms with Crippen molar-refractivity contribution < 1.29 is 0 Å². The standard InChI is InChI=1S/C13H22N4/c1-2-6-11(5-1)13-10-17(16-15-13)9-12-7-3-4-8-14-12/h10-12,14H,1-9H2. The Labute approximate surface area is 103 Å². The molecule has 3 rings (SSSR count). The molecule has 1 saturated carbocycles. The van der Waals surface area contributed by atoms with Crippen molar-refractivity contribution in [2.75, 3.05) is 6.54 Å². The van der Waals surface area contributed by atoms with Crippen LogP contribution >= 0.6 is 0 Å². The van der Waals surface area contributed by atoms with Gasteiger partial charge in [-0.3, -0.25) is 4.68 Å². The van der Waals surface area contributed by atoms with E-state index in [1.165, 1.54) is 50.6 Å². The molecule has 1 aromatic rings. The highest BCUT2D eigenvalue weighted by Gasteiger charge is 2.20. The molecule has 2 fully saturated rings. The molecular weight excluding hydrogens is 212 g/mol. The van der Waals surface area contributed by atoms with E-state index in [0.29, 0.717) is 12.0 Å². The third-order valence-electron chi connectivity index (χ3n) is 4.15. The van der Waals surface area contributed by atoms with Crippen LogP contribution in [0.15, 0.2) is 6.20 Å². The minimum Gasteiger partial charge on any atom is -0.312 e. The van der Waals surface area contributed by atoms with Gasteiger partial charge in [-0.25, -0.2) is 0 Å². The van der Waals surface area contributed by atoms with Gasteiger partial charge in [-0.2, -0.15) is 0 Å². The van der Waals surface area contributed by atoms with E-state index in [1.54, 1.807) is 0 Å². The monoisotopic (exact) mass is 234 g/mol. The van der Waals surface area contributed by atoms with Crippen LogP contribution in [0.1, 0.15) is 56.6 Å². The van der Waals surface area contributed by atoms with E-state index in [1.807, 2.05) is 4.68 Å². The van der Waals surface area contributed by atoms with Crippen molar-refractivity contribution in [2.24, 2.45) is 0 Å². The highest BCUT2D eigenvalue weighted by molar-refractivity contribution is 5.03. The van der Waals surface area contributed by atoms with Crippen molar-refractivity contribution >= 4 is 0 Å². The van der Waals surface area contributed by atoms with Gasteiger partial charge < -0.3 is 5.32 Å². The van der Waals surface area contributed by atoms with Gasteiger partial charge in [-0.15, -0.1) is 5.10 Å². The summed E-state index contributed by atoms with van der Waals surface area (Å²) in [5, 5.41) is 12.2. The van der Waals surface area contributed by atoms with Crippen LogP contribution in [0.2, 0.25) is 0 Å². The van der Waals surface area contributed by atoms with Gasteiger partial charge in [0.05, 0.1) is 12.2 Å². The molecule has 4 nitrogen and oxygen atoms in total. The Morgan fingerprint density at radius 1 is 1.18 bits per heavy atom. The van der Waals surface area contributed by atoms with Gasteiger partial charge in [-0.05, 0) is 32.2 Å². The van der Waals surface area contributed by atoms with E-state index in [2.05, 4.69) is 21.8 Å². The molecule has 1 aliphatic carbocycles. The third-order valence-corrected chi connectivity index (χ3v) is 4.15. The predicted octanol–water partition coefficient (Wildman–Crippen LogP) is 2.08. The largest absolute Gasteiger partial charge is 0.312 e. The van der Waals surface area contributed by atoms with Crippen LogP contribution in [0.3, 0.4) is 0 Å². The van der Waals surface area contributed by atoms with Crippen LogP contribution < -0.4 is 5.32 Å². The lowest BCUT2D eigenvalue weighted by molar-refractivity contribution is 0.348. The van der Waals surface area contributed by atoms with Crippen LogP contribution in [0.4, 0.5) is 0 Å². The van der Waals surface area contributed by atoms with E-state index in [4.69, 9.17) is 0 Å². The molecular formula is C13H22N4. The Hall–Kier alpha value is -0.900. The SMILES string of the molecule is c1c(C2CCCC2)nnn1CC1CCCCN1. The first-order valence-corrected chi connectivity index (χ1v) is 7.05. The lowest BCUT2D eigenvalue weighted by Gasteiger charge is -2.22. The zero-order chi connectivity index (χ0) is 11.5. The normalized spacial score (nSPS) is 26.5. The van der Waals surface area contributed by atoms with Crippen LogP contribution in [-0.4, -0.2) is 27.6 Å². The van der Waals surface area contributed by atoms with Gasteiger partial charge in [0.2, 0.25) is 0 Å². The van der Waals surface area contributed by atoms with Gasteiger partial charge in [0.1, 0.15) is 0 Å². The molecule has 1 aromatic heterocycles. The number of aromatic nitrogens is 3. The minimum atomic E-state index is 0.599. The fourth-order valence-corrected chi connectivity index (χ4v) is 3.12. The second kappa shape index (κ2) is 5.17. The summed E-state index contributed by atoms with van der Waals surface area (Å²) in [7, 11) is 0. The van der Waals surface area contributed by atoms with Crippen molar-refractivity contribution in [3.8, 4) is 0 Å². The molecule has 2 heterocycles. The Morgan fingerprint density at radius 3 is 2.76 bits per heavy atom. The maximum absolute atomic E-state index is 4.35. The van der Waals surface area contributed by atoms with Crippen molar-refractivity contribution in [1.82, 2.24) is 20.3 Å². The summed E-state index contributed by atoms with van der Waals surface area (Å²) in [5.41, 5.74) is 1.22. The van der Waals surface area contributed by atoms with Crippen LogP contribution in [0.25, 0.3) is 0 Å². The molecule has 1 N–H and O–H groups in total. The topological polar surface area (TPSA) is 42.7 Å². The second-order valence-corrected chi connectivity index (χ2v) is 5.49. The van der Waals surface area contributed by atoms with E-state index in [-0.39, 0.29) is 0 Å². The summed E-state index contributed by atoms with van der Waals surface area (Å²) < 4.78 is 2.04. The van der Waals surface area contributed by atoms with Gasteiger partial charge in [0, 0.05) is 18.2 Å². The first kappa shape index (κ1) is 11.2. The lowest BCUT2D eigenvalue weighted by atomic mass is 10.0. The maximum atomic E-state index is 4.35. The highest BCUT2D eigenvalue weighted by atomic mass is 15.4. The van der Waals surface area contributed by atoms with E-state index < -0.39 is 0 Å². The summed E-state index contributed by atoms with van der Waals surface area (Å²) in [6.07, 6.45) is 11.5. The molecule has 1 atom stereocenters. The van der Waals surface area contributed by atoms with E-state index >= 15 is 0 Å². The summed E-state index contributed by atoms with van der Waals surface area (Å²) in [6, 6.07) is 0.599. The van der Waals surface area contributed by atoms with Gasteiger partial charge >= 0.3 is 0 Å². The minimum absolute atomic E-state index is 0.599. The van der Waals surface area contributed by atoms with Crippen LogP contribution in [0, 0.1) is 0 Å². The number of hydrogen-bond acceptors (Lipinski definition) is 3. The molecule has 0 amide bonds. The van der Waals surface area contributed by atoms with Gasteiger partial charge in [0.25, 0.3) is 0 Å². The molecule has 2 aliphatic rings. The van der Waals surface area contributed by atoms with E-state index in [0.717, 1.165) is 13.1 Å². The molecule has 1 unspecified atom stereocenters. The molecule has 94 valence electrons. The lowest BCUT2D eigenvalue weighted by Crippen LogP contribution is -2.37. The highest BCUT2D eigenvalue weighted by Crippen LogP contribution is 2.32. The number of nitrogens with one attached hydrogen (secondary N) is 1. The average Bonchev–Trinajstić information content (AvgIpc) is 3.00. The number of hydrogen-bond donors (Lipinski definition) is 1. The Balaban J connectivity index is 1.59. The Kier molecular flexibility index (Phi) is 3.41. The van der Waals surface area contributed by atoms with Crippen molar-refractivity contribution in [2.45, 2.75) is 63.5 Å². The fraction of sp³-hybridized carbons (Fsp3) is 0.846. The van der Waals surface area contributed by atoms with Crippen molar-refractivity contribution in [3.63, 3.8) is 0 Å². The molecule has 1 saturated heterocycles. The maximum Gasteiger partial charge on any atom is 0.0857 e. The van der Waals surface area contributed by atoms with Gasteiger partial charge in [-0.1, -0.05) is 24.5 Å². The Bertz CT molecular complexity index is 348. The Morgan fingerprint density at radius 2 is 2.00 bits per heavy atom. The summed E-state index contributed by atoms with van der Waals surface area (Å²) in [5.74, 6) is 0.683. The zero-order valence-electron chi connectivity index (χ0n) is 10.4. The van der Waals surface area contributed by atoms with E-state index in [9.17, 15) is 0 Å². The average molecular weight is 234 g/mol. The predicted molar refractivity (Wildman–Crippen MR) is 66.9 cm³/mol. The molecule has 17 heavy (non-hydrogen) atoms. The molecule has 0 radical (unpaired) electrons. The molecule has 1 aliphatic heterocycles. The quantitative estimate of drug-likeness (QED) is 0.870. The second-order valence-electron chi connectivity index (χ2n) is 5.49. The molecule has 0 spiro atoms. The number of piperidine rings is 1. The molecule has 4 heteroatoms. The van der Waals surface area contributed by atoms with Gasteiger partial charge in [0.15, 0.2) is 0 Å². The van der Waals surface area contributed by atoms with Crippen molar-refractivity contribution in [3.05, 3.63) is 11.9 Å². The number of nitrogens with zero attached hydrogens (tertiary/aromatic N) is 3. The smallest absolute Gasteiger partial charge is 0.0857 e. The summed E-state index contributed by atoms with van der Waals surface area (Å²) in [6.45, 7) is 2.15. The number of rotatable bonds is 3. The van der Waals surface area contributed by atoms with Crippen molar-refractivity contribution in [1.29, 1.82) is 0 Å². The molecule has 0 bridgehead atoms. The summed E-state index contributed by atoms with van der Waals surface area (Å²) >= 11 is 0. The third kappa shape index (κ3) is 2.68. The van der Waals surface area contributed by atoms with Crippen LogP contribution in [0.5, 0.6) is 0 Å². The zero-order valence-corrected chi connectivity index (χ0v) is 10.4. The molecule has 0 aromatic carbocycles. The first-order valence-electron chi connectivity index (χ1n) is 7.05.